The van der Waals surface area contributed by atoms with Gasteiger partial charge in [-0.15, -0.1) is 0 Å². The normalized spacial score (nSPS) is 19.0. The van der Waals surface area contributed by atoms with E-state index in [4.69, 9.17) is 14.2 Å². The second kappa shape index (κ2) is 7.14. The maximum Gasteiger partial charge on any atom is 0.161 e. The zero-order chi connectivity index (χ0) is 15.3. The van der Waals surface area contributed by atoms with Crippen LogP contribution in [0.2, 0.25) is 0 Å². The smallest absolute Gasteiger partial charge is 0.161 e. The van der Waals surface area contributed by atoms with Gasteiger partial charge >= 0.3 is 0 Å². The predicted molar refractivity (Wildman–Crippen MR) is 84.2 cm³/mol. The first-order valence-corrected chi connectivity index (χ1v) is 7.65. The molecule has 0 bridgehead atoms. The van der Waals surface area contributed by atoms with Gasteiger partial charge in [-0.05, 0) is 37.6 Å². The molecule has 1 aromatic carbocycles. The van der Waals surface area contributed by atoms with Crippen LogP contribution in [-0.4, -0.2) is 34.0 Å². The lowest BCUT2D eigenvalue weighted by atomic mass is 9.76. The first-order valence-electron chi connectivity index (χ1n) is 7.65. The average molecular weight is 293 g/mol. The minimum Gasteiger partial charge on any atom is -0.493 e. The highest BCUT2D eigenvalue weighted by Gasteiger charge is 2.40. The Bertz CT molecular complexity index is 455. The molecule has 1 N–H and O–H groups in total. The molecule has 118 valence electrons. The molecule has 1 aliphatic carbocycles. The SMILES string of the molecule is CNC(c1ccc(OC)c(OC)c1)C1(OC)CCCCC1. The Balaban J connectivity index is 2.35. The highest BCUT2D eigenvalue weighted by molar-refractivity contribution is 5.44. The van der Waals surface area contributed by atoms with Crippen molar-refractivity contribution in [3.8, 4) is 11.5 Å². The van der Waals surface area contributed by atoms with E-state index in [1.807, 2.05) is 20.2 Å². The van der Waals surface area contributed by atoms with Crippen molar-refractivity contribution in [3.63, 3.8) is 0 Å². The van der Waals surface area contributed by atoms with Crippen molar-refractivity contribution in [2.45, 2.75) is 43.7 Å². The molecule has 0 saturated heterocycles. The minimum atomic E-state index is -0.132. The maximum absolute atomic E-state index is 5.98. The molecular weight excluding hydrogens is 266 g/mol. The van der Waals surface area contributed by atoms with Gasteiger partial charge in [-0.3, -0.25) is 0 Å². The van der Waals surface area contributed by atoms with E-state index >= 15 is 0 Å². The Morgan fingerprint density at radius 3 is 2.19 bits per heavy atom. The number of benzene rings is 1. The van der Waals surface area contributed by atoms with Crippen molar-refractivity contribution in [1.29, 1.82) is 0 Å². The Labute approximate surface area is 127 Å². The second-order valence-corrected chi connectivity index (χ2v) is 5.67. The molecule has 21 heavy (non-hydrogen) atoms. The van der Waals surface area contributed by atoms with Gasteiger partial charge < -0.3 is 19.5 Å². The molecule has 0 spiro atoms. The van der Waals surface area contributed by atoms with Crippen LogP contribution in [0, 0.1) is 0 Å². The van der Waals surface area contributed by atoms with Crippen LogP contribution in [0.25, 0.3) is 0 Å². The molecule has 1 saturated carbocycles. The predicted octanol–water partition coefficient (Wildman–Crippen LogP) is 3.31. The third-order valence-electron chi connectivity index (χ3n) is 4.66. The third kappa shape index (κ3) is 3.16. The first-order chi connectivity index (χ1) is 10.2. The van der Waals surface area contributed by atoms with E-state index < -0.39 is 0 Å². The van der Waals surface area contributed by atoms with E-state index in [-0.39, 0.29) is 11.6 Å². The summed E-state index contributed by atoms with van der Waals surface area (Å²) in [5.41, 5.74) is 1.05. The molecule has 2 rings (SSSR count). The summed E-state index contributed by atoms with van der Waals surface area (Å²) in [5, 5.41) is 3.45. The molecule has 1 unspecified atom stereocenters. The van der Waals surface area contributed by atoms with Gasteiger partial charge in [0.15, 0.2) is 11.5 Å². The quantitative estimate of drug-likeness (QED) is 0.873. The number of hydrogen-bond donors (Lipinski definition) is 1. The van der Waals surface area contributed by atoms with Gasteiger partial charge in [-0.2, -0.15) is 0 Å². The highest BCUT2D eigenvalue weighted by Crippen LogP contribution is 2.42. The summed E-state index contributed by atoms with van der Waals surface area (Å²) in [4.78, 5) is 0. The van der Waals surface area contributed by atoms with Crippen molar-refractivity contribution >= 4 is 0 Å². The van der Waals surface area contributed by atoms with Crippen molar-refractivity contribution in [3.05, 3.63) is 23.8 Å². The van der Waals surface area contributed by atoms with Crippen LogP contribution in [0.15, 0.2) is 18.2 Å². The Morgan fingerprint density at radius 2 is 1.67 bits per heavy atom. The van der Waals surface area contributed by atoms with E-state index in [9.17, 15) is 0 Å². The van der Waals surface area contributed by atoms with Crippen LogP contribution in [0.4, 0.5) is 0 Å². The number of hydrogen-bond acceptors (Lipinski definition) is 4. The van der Waals surface area contributed by atoms with E-state index in [0.717, 1.165) is 24.3 Å². The molecule has 4 heteroatoms. The van der Waals surface area contributed by atoms with Crippen molar-refractivity contribution in [2.24, 2.45) is 0 Å². The van der Waals surface area contributed by atoms with Crippen molar-refractivity contribution in [1.82, 2.24) is 5.32 Å². The van der Waals surface area contributed by atoms with Gasteiger partial charge in [0, 0.05) is 7.11 Å². The summed E-state index contributed by atoms with van der Waals surface area (Å²) < 4.78 is 16.7. The van der Waals surface area contributed by atoms with Gasteiger partial charge in [0.1, 0.15) is 0 Å². The highest BCUT2D eigenvalue weighted by atomic mass is 16.5. The average Bonchev–Trinajstić information content (AvgIpc) is 2.56. The van der Waals surface area contributed by atoms with Gasteiger partial charge in [0.05, 0.1) is 25.9 Å². The lowest BCUT2D eigenvalue weighted by Crippen LogP contribution is -2.46. The minimum absolute atomic E-state index is 0.132. The fourth-order valence-corrected chi connectivity index (χ4v) is 3.53. The van der Waals surface area contributed by atoms with Crippen LogP contribution >= 0.6 is 0 Å². The molecule has 0 aliphatic heterocycles. The lowest BCUT2D eigenvalue weighted by Gasteiger charge is -2.42. The number of rotatable bonds is 6. The zero-order valence-electron chi connectivity index (χ0n) is 13.6. The number of nitrogens with one attached hydrogen (secondary N) is 1. The van der Waals surface area contributed by atoms with Gasteiger partial charge in [-0.1, -0.05) is 25.3 Å². The van der Waals surface area contributed by atoms with Crippen LogP contribution in [0.3, 0.4) is 0 Å². The monoisotopic (exact) mass is 293 g/mol. The third-order valence-corrected chi connectivity index (χ3v) is 4.66. The van der Waals surface area contributed by atoms with Crippen LogP contribution in [0.5, 0.6) is 11.5 Å². The summed E-state index contributed by atoms with van der Waals surface area (Å²) in [5.74, 6) is 1.52. The summed E-state index contributed by atoms with van der Waals surface area (Å²) in [6.07, 6.45) is 5.92. The molecule has 0 radical (unpaired) electrons. The summed E-state index contributed by atoms with van der Waals surface area (Å²) in [7, 11) is 7.15. The molecule has 1 aromatic rings. The first kappa shape index (κ1) is 16.1. The number of ether oxygens (including phenoxy) is 3. The fraction of sp³-hybridized carbons (Fsp3) is 0.647. The fourth-order valence-electron chi connectivity index (χ4n) is 3.53. The molecule has 1 atom stereocenters. The van der Waals surface area contributed by atoms with Gasteiger partial charge in [-0.25, -0.2) is 0 Å². The summed E-state index contributed by atoms with van der Waals surface area (Å²) in [6.45, 7) is 0. The topological polar surface area (TPSA) is 39.7 Å². The Hall–Kier alpha value is -1.26. The largest absolute Gasteiger partial charge is 0.493 e. The maximum atomic E-state index is 5.98. The molecule has 4 nitrogen and oxygen atoms in total. The molecule has 0 amide bonds. The Morgan fingerprint density at radius 1 is 1.00 bits per heavy atom. The van der Waals surface area contributed by atoms with Crippen molar-refractivity contribution in [2.75, 3.05) is 28.4 Å². The molecular formula is C17H27NO3. The molecule has 0 aromatic heterocycles. The number of methoxy groups -OCH3 is 3. The van der Waals surface area contributed by atoms with E-state index in [1.54, 1.807) is 14.2 Å². The second-order valence-electron chi connectivity index (χ2n) is 5.67. The summed E-state index contributed by atoms with van der Waals surface area (Å²) >= 11 is 0. The van der Waals surface area contributed by atoms with E-state index in [0.29, 0.717) is 0 Å². The standard InChI is InChI=1S/C17H27NO3/c1-18-16(17(21-4)10-6-5-7-11-17)13-8-9-14(19-2)15(12-13)20-3/h8-9,12,16,18H,5-7,10-11H2,1-4H3. The summed E-state index contributed by atoms with van der Waals surface area (Å²) in [6, 6.07) is 6.26. The molecule has 1 aliphatic rings. The van der Waals surface area contributed by atoms with Crippen LogP contribution < -0.4 is 14.8 Å². The van der Waals surface area contributed by atoms with E-state index in [1.165, 1.54) is 24.8 Å². The number of likely N-dealkylation sites (N-methyl/N-ethyl adjacent to an activating group) is 1. The molecule has 1 fully saturated rings. The van der Waals surface area contributed by atoms with Gasteiger partial charge in [0.25, 0.3) is 0 Å². The lowest BCUT2D eigenvalue weighted by molar-refractivity contribution is -0.0671. The van der Waals surface area contributed by atoms with Crippen molar-refractivity contribution < 1.29 is 14.2 Å². The van der Waals surface area contributed by atoms with Crippen LogP contribution in [-0.2, 0) is 4.74 Å². The van der Waals surface area contributed by atoms with Gasteiger partial charge in [0.2, 0.25) is 0 Å². The Kier molecular flexibility index (Phi) is 5.48. The zero-order valence-corrected chi connectivity index (χ0v) is 13.6. The van der Waals surface area contributed by atoms with E-state index in [2.05, 4.69) is 17.4 Å². The molecule has 0 heterocycles. The van der Waals surface area contributed by atoms with Crippen LogP contribution in [0.1, 0.15) is 43.7 Å².